The molecule has 1 atom stereocenters. The fraction of sp³-hybridized carbons (Fsp3) is 0.235. The van der Waals surface area contributed by atoms with E-state index in [0.717, 1.165) is 5.69 Å². The van der Waals surface area contributed by atoms with Crippen LogP contribution in [0.15, 0.2) is 42.6 Å². The van der Waals surface area contributed by atoms with Gasteiger partial charge in [-0.15, -0.1) is 0 Å². The van der Waals surface area contributed by atoms with Gasteiger partial charge in [0.05, 0.1) is 0 Å². The Morgan fingerprint density at radius 3 is 2.67 bits per heavy atom. The number of anilines is 1. The zero-order valence-corrected chi connectivity index (χ0v) is 13.8. The lowest BCUT2D eigenvalue weighted by Crippen LogP contribution is -2.57. The van der Waals surface area contributed by atoms with E-state index in [1.807, 2.05) is 6.92 Å². The van der Waals surface area contributed by atoms with Gasteiger partial charge in [0.2, 0.25) is 5.91 Å². The van der Waals surface area contributed by atoms with E-state index in [1.54, 1.807) is 35.2 Å². The van der Waals surface area contributed by atoms with Crippen molar-refractivity contribution in [2.45, 2.75) is 13.0 Å². The highest BCUT2D eigenvalue weighted by Gasteiger charge is 2.34. The highest BCUT2D eigenvalue weighted by atomic mass is 35.5. The van der Waals surface area contributed by atoms with Gasteiger partial charge in [-0.1, -0.05) is 11.6 Å². The molecule has 0 radical (unpaired) electrons. The minimum absolute atomic E-state index is 0.0444. The first kappa shape index (κ1) is 16.3. The standard InChI is InChI=1S/C17H16ClN3O3/c1-11-9-21(13-6-4-12(18)5-7-13)15(23)10-20(11)17(24)16-14(22)3-2-8-19-16/h2-8,11,22H,9-10H2,1H3/t11-/m0/s1. The Balaban J connectivity index is 1.81. The smallest absolute Gasteiger partial charge is 0.277 e. The summed E-state index contributed by atoms with van der Waals surface area (Å²) in [5.41, 5.74) is 0.695. The average Bonchev–Trinajstić information content (AvgIpc) is 2.57. The molecule has 1 aromatic carbocycles. The summed E-state index contributed by atoms with van der Waals surface area (Å²) in [7, 11) is 0. The van der Waals surface area contributed by atoms with Crippen LogP contribution in [0.3, 0.4) is 0 Å². The SMILES string of the molecule is C[C@H]1CN(c2ccc(Cl)cc2)C(=O)CN1C(=O)c1ncccc1O. The summed E-state index contributed by atoms with van der Waals surface area (Å²) in [5, 5.41) is 10.4. The van der Waals surface area contributed by atoms with Crippen LogP contribution in [0, 0.1) is 0 Å². The first-order chi connectivity index (χ1) is 11.5. The Morgan fingerprint density at radius 2 is 2.00 bits per heavy atom. The van der Waals surface area contributed by atoms with Crippen molar-refractivity contribution >= 4 is 29.1 Å². The van der Waals surface area contributed by atoms with E-state index in [2.05, 4.69) is 4.98 Å². The number of benzene rings is 1. The van der Waals surface area contributed by atoms with Gasteiger partial charge < -0.3 is 14.9 Å². The quantitative estimate of drug-likeness (QED) is 0.906. The molecule has 0 unspecified atom stereocenters. The van der Waals surface area contributed by atoms with Crippen LogP contribution in [-0.4, -0.2) is 45.9 Å². The predicted octanol–water partition coefficient (Wildman–Crippen LogP) is 2.32. The summed E-state index contributed by atoms with van der Waals surface area (Å²) in [6.45, 7) is 2.14. The van der Waals surface area contributed by atoms with Gasteiger partial charge >= 0.3 is 0 Å². The summed E-state index contributed by atoms with van der Waals surface area (Å²) in [4.78, 5) is 32.0. The molecule has 2 heterocycles. The van der Waals surface area contributed by atoms with E-state index >= 15 is 0 Å². The van der Waals surface area contributed by atoms with E-state index < -0.39 is 5.91 Å². The molecule has 7 heteroatoms. The number of pyridine rings is 1. The van der Waals surface area contributed by atoms with Crippen molar-refractivity contribution < 1.29 is 14.7 Å². The average molecular weight is 346 g/mol. The van der Waals surface area contributed by atoms with E-state index in [0.29, 0.717) is 11.6 Å². The molecule has 1 aromatic heterocycles. The second-order valence-corrected chi connectivity index (χ2v) is 6.07. The predicted molar refractivity (Wildman–Crippen MR) is 90.2 cm³/mol. The molecule has 2 amide bonds. The molecular weight excluding hydrogens is 330 g/mol. The molecular formula is C17H16ClN3O3. The maximum Gasteiger partial charge on any atom is 0.277 e. The molecule has 0 bridgehead atoms. The van der Waals surface area contributed by atoms with Crippen LogP contribution >= 0.6 is 11.6 Å². The van der Waals surface area contributed by atoms with Crippen molar-refractivity contribution in [3.05, 3.63) is 53.3 Å². The van der Waals surface area contributed by atoms with Gasteiger partial charge in [0.1, 0.15) is 12.3 Å². The highest BCUT2D eigenvalue weighted by molar-refractivity contribution is 6.30. The summed E-state index contributed by atoms with van der Waals surface area (Å²) >= 11 is 5.88. The van der Waals surface area contributed by atoms with Crippen LogP contribution in [0.5, 0.6) is 5.75 Å². The van der Waals surface area contributed by atoms with Crippen molar-refractivity contribution in [1.82, 2.24) is 9.88 Å². The van der Waals surface area contributed by atoms with Gasteiger partial charge in [0, 0.05) is 29.5 Å². The molecule has 0 spiro atoms. The molecule has 0 aliphatic carbocycles. The molecule has 2 aromatic rings. The second-order valence-electron chi connectivity index (χ2n) is 5.63. The second kappa shape index (κ2) is 6.49. The number of carbonyl (C=O) groups excluding carboxylic acids is 2. The van der Waals surface area contributed by atoms with E-state index in [-0.39, 0.29) is 29.9 Å². The molecule has 124 valence electrons. The fourth-order valence-electron chi connectivity index (χ4n) is 2.69. The van der Waals surface area contributed by atoms with Gasteiger partial charge in [0.15, 0.2) is 5.69 Å². The number of hydrogen-bond donors (Lipinski definition) is 1. The van der Waals surface area contributed by atoms with Crippen molar-refractivity contribution in [1.29, 1.82) is 0 Å². The van der Waals surface area contributed by atoms with E-state index in [9.17, 15) is 14.7 Å². The van der Waals surface area contributed by atoms with Gasteiger partial charge in [0.25, 0.3) is 5.91 Å². The van der Waals surface area contributed by atoms with Gasteiger partial charge in [-0.05, 0) is 43.3 Å². The van der Waals surface area contributed by atoms with Gasteiger partial charge in [-0.25, -0.2) is 4.98 Å². The number of carbonyl (C=O) groups is 2. The normalized spacial score (nSPS) is 17.9. The van der Waals surface area contributed by atoms with Crippen LogP contribution in [0.2, 0.25) is 5.02 Å². The van der Waals surface area contributed by atoms with Crippen LogP contribution in [0.4, 0.5) is 5.69 Å². The molecule has 1 saturated heterocycles. The van der Waals surface area contributed by atoms with Gasteiger partial charge in [-0.2, -0.15) is 0 Å². The highest BCUT2D eigenvalue weighted by Crippen LogP contribution is 2.24. The van der Waals surface area contributed by atoms with Crippen LogP contribution in [0.1, 0.15) is 17.4 Å². The largest absolute Gasteiger partial charge is 0.505 e. The molecule has 24 heavy (non-hydrogen) atoms. The maximum atomic E-state index is 12.6. The van der Waals surface area contributed by atoms with Gasteiger partial charge in [-0.3, -0.25) is 9.59 Å². The maximum absolute atomic E-state index is 12.6. The third-order valence-corrected chi connectivity index (χ3v) is 4.23. The third kappa shape index (κ3) is 3.05. The number of hydrogen-bond acceptors (Lipinski definition) is 4. The molecule has 1 N–H and O–H groups in total. The number of nitrogens with zero attached hydrogens (tertiary/aromatic N) is 3. The fourth-order valence-corrected chi connectivity index (χ4v) is 2.82. The van der Waals surface area contributed by atoms with Crippen LogP contribution in [0.25, 0.3) is 0 Å². The molecule has 6 nitrogen and oxygen atoms in total. The molecule has 3 rings (SSSR count). The molecule has 1 aliphatic heterocycles. The Bertz CT molecular complexity index is 779. The molecule has 1 fully saturated rings. The molecule has 1 aliphatic rings. The Kier molecular flexibility index (Phi) is 4.40. The summed E-state index contributed by atoms with van der Waals surface area (Å²) in [6, 6.07) is 9.71. The van der Waals surface area contributed by atoms with Crippen molar-refractivity contribution in [3.8, 4) is 5.75 Å². The van der Waals surface area contributed by atoms with E-state index in [4.69, 9.17) is 11.6 Å². The van der Waals surface area contributed by atoms with E-state index in [1.165, 1.54) is 17.2 Å². The molecule has 0 saturated carbocycles. The summed E-state index contributed by atoms with van der Waals surface area (Å²) in [6.07, 6.45) is 1.43. The minimum Gasteiger partial charge on any atom is -0.505 e. The Labute approximate surface area is 144 Å². The van der Waals surface area contributed by atoms with Crippen molar-refractivity contribution in [2.24, 2.45) is 0 Å². The minimum atomic E-state index is -0.454. The lowest BCUT2D eigenvalue weighted by Gasteiger charge is -2.39. The zero-order chi connectivity index (χ0) is 17.3. The third-order valence-electron chi connectivity index (χ3n) is 3.97. The van der Waals surface area contributed by atoms with Crippen LogP contribution < -0.4 is 4.90 Å². The van der Waals surface area contributed by atoms with Crippen LogP contribution in [-0.2, 0) is 4.79 Å². The first-order valence-electron chi connectivity index (χ1n) is 7.48. The lowest BCUT2D eigenvalue weighted by atomic mass is 10.1. The number of piperazine rings is 1. The summed E-state index contributed by atoms with van der Waals surface area (Å²) in [5.74, 6) is -0.842. The first-order valence-corrected chi connectivity index (χ1v) is 7.86. The number of aromatic nitrogens is 1. The Hall–Kier alpha value is -2.60. The monoisotopic (exact) mass is 345 g/mol. The number of amides is 2. The topological polar surface area (TPSA) is 73.7 Å². The number of aromatic hydroxyl groups is 1. The number of rotatable bonds is 2. The van der Waals surface area contributed by atoms with Crippen molar-refractivity contribution in [3.63, 3.8) is 0 Å². The lowest BCUT2D eigenvalue weighted by molar-refractivity contribution is -0.121. The zero-order valence-electron chi connectivity index (χ0n) is 13.0. The number of halogens is 1. The Morgan fingerprint density at radius 1 is 1.29 bits per heavy atom. The van der Waals surface area contributed by atoms with Crippen molar-refractivity contribution in [2.75, 3.05) is 18.0 Å². The summed E-state index contributed by atoms with van der Waals surface area (Å²) < 4.78 is 0.